The highest BCUT2D eigenvalue weighted by Crippen LogP contribution is 2.46. The molecule has 0 saturated heterocycles. The van der Waals surface area contributed by atoms with E-state index in [0.29, 0.717) is 28.4 Å². The molecule has 0 aromatic heterocycles. The molecule has 40 heavy (non-hydrogen) atoms. The van der Waals surface area contributed by atoms with Crippen LogP contribution in [0.4, 0.5) is 0 Å². The van der Waals surface area contributed by atoms with E-state index in [1.54, 1.807) is 30.3 Å². The molecule has 4 unspecified atom stereocenters. The minimum absolute atomic E-state index is 0.0439. The fourth-order valence-electron chi connectivity index (χ4n) is 4.61. The smallest absolute Gasteiger partial charge is 0.202 e. The molecule has 10 heteroatoms. The van der Waals surface area contributed by atoms with Gasteiger partial charge in [-0.05, 0) is 43.7 Å². The number of fused-ring (bicyclic) bond motifs is 2. The molecule has 0 radical (unpaired) electrons. The van der Waals surface area contributed by atoms with Crippen molar-refractivity contribution in [2.75, 3.05) is 13.7 Å². The Hall–Kier alpha value is -4.15. The first-order chi connectivity index (χ1) is 19.2. The fraction of sp³-hybridized carbons (Fsp3) is 0.367. The van der Waals surface area contributed by atoms with Gasteiger partial charge >= 0.3 is 0 Å². The first kappa shape index (κ1) is 28.8. The lowest BCUT2D eigenvalue weighted by Gasteiger charge is -2.35. The second-order valence-corrected chi connectivity index (χ2v) is 9.34. The number of aliphatic hydroxyl groups is 2. The quantitative estimate of drug-likeness (QED) is 0.344. The van der Waals surface area contributed by atoms with E-state index in [4.69, 9.17) is 23.7 Å². The number of phenolic OH excluding ortho intramolecular Hbond substituents is 2. The minimum Gasteiger partial charge on any atom is -0.507 e. The lowest BCUT2D eigenvalue weighted by Crippen LogP contribution is -2.37. The van der Waals surface area contributed by atoms with Crippen molar-refractivity contribution in [1.29, 1.82) is 0 Å². The maximum atomic E-state index is 13.0. The number of methoxy groups -OCH3 is 1. The summed E-state index contributed by atoms with van der Waals surface area (Å²) < 4.78 is 29.0. The highest BCUT2D eigenvalue weighted by atomic mass is 16.6. The van der Waals surface area contributed by atoms with Crippen molar-refractivity contribution in [3.63, 3.8) is 0 Å². The average Bonchev–Trinajstić information content (AvgIpc) is 2.94. The number of phenols is 2. The van der Waals surface area contributed by atoms with Crippen molar-refractivity contribution in [2.24, 2.45) is 0 Å². The third-order valence-corrected chi connectivity index (χ3v) is 6.36. The Balaban J connectivity index is 0.00000181. The SMILES string of the molecule is CC.COc1cc(C2Oc3cc(C4Oc5cc(OC(C)C)cc(O)c5C(=O)C4O)ccc3OC2CO)ccc1O. The number of ether oxygens (including phenoxy) is 5. The third kappa shape index (κ3) is 5.45. The van der Waals surface area contributed by atoms with Gasteiger partial charge in [-0.2, -0.15) is 0 Å². The number of hydrogen-bond donors (Lipinski definition) is 4. The van der Waals surface area contributed by atoms with Crippen LogP contribution in [0.1, 0.15) is 61.4 Å². The molecular weight excluding hydrogens is 520 g/mol. The number of hydrogen-bond acceptors (Lipinski definition) is 10. The number of aliphatic hydroxyl groups excluding tert-OH is 2. The first-order valence-electron chi connectivity index (χ1n) is 13.1. The molecule has 4 N–H and O–H groups in total. The molecule has 0 bridgehead atoms. The van der Waals surface area contributed by atoms with Crippen LogP contribution in [0.5, 0.6) is 40.2 Å². The number of aromatic hydroxyl groups is 2. The Morgan fingerprint density at radius 3 is 2.20 bits per heavy atom. The second-order valence-electron chi connectivity index (χ2n) is 9.34. The summed E-state index contributed by atoms with van der Waals surface area (Å²) in [6.45, 7) is 7.31. The van der Waals surface area contributed by atoms with Crippen molar-refractivity contribution >= 4 is 5.78 Å². The summed E-state index contributed by atoms with van der Waals surface area (Å²) in [6, 6.07) is 12.3. The largest absolute Gasteiger partial charge is 0.507 e. The van der Waals surface area contributed by atoms with E-state index in [1.165, 1.54) is 25.3 Å². The van der Waals surface area contributed by atoms with Crippen molar-refractivity contribution in [3.8, 4) is 40.2 Å². The Morgan fingerprint density at radius 2 is 1.52 bits per heavy atom. The van der Waals surface area contributed by atoms with E-state index in [1.807, 2.05) is 27.7 Å². The molecule has 2 aliphatic heterocycles. The summed E-state index contributed by atoms with van der Waals surface area (Å²) in [5.74, 6) is 0.239. The molecule has 214 valence electrons. The van der Waals surface area contributed by atoms with Crippen LogP contribution in [0.2, 0.25) is 0 Å². The molecule has 0 aliphatic carbocycles. The maximum absolute atomic E-state index is 13.0. The van der Waals surface area contributed by atoms with Crippen LogP contribution in [0.15, 0.2) is 48.5 Å². The van der Waals surface area contributed by atoms with E-state index >= 15 is 0 Å². The summed E-state index contributed by atoms with van der Waals surface area (Å²) in [6.07, 6.45) is -4.34. The Labute approximate surface area is 232 Å². The summed E-state index contributed by atoms with van der Waals surface area (Å²) in [5.41, 5.74) is 0.911. The number of rotatable bonds is 6. The fourth-order valence-corrected chi connectivity index (χ4v) is 4.61. The number of Topliss-reactive ketones (excluding diaryl/α,β-unsaturated/α-hetero) is 1. The normalized spacial score (nSPS) is 21.1. The van der Waals surface area contributed by atoms with Crippen LogP contribution in [0.3, 0.4) is 0 Å². The number of carbonyl (C=O) groups is 1. The second kappa shape index (κ2) is 11.9. The zero-order valence-corrected chi connectivity index (χ0v) is 23.0. The topological polar surface area (TPSA) is 144 Å². The van der Waals surface area contributed by atoms with Gasteiger partial charge in [-0.15, -0.1) is 0 Å². The predicted octanol–water partition coefficient (Wildman–Crippen LogP) is 4.47. The van der Waals surface area contributed by atoms with Gasteiger partial charge in [0.25, 0.3) is 0 Å². The van der Waals surface area contributed by atoms with Gasteiger partial charge in [-0.1, -0.05) is 26.0 Å². The predicted molar refractivity (Wildman–Crippen MR) is 145 cm³/mol. The number of benzene rings is 3. The van der Waals surface area contributed by atoms with Crippen molar-refractivity contribution in [2.45, 2.75) is 58.2 Å². The monoisotopic (exact) mass is 554 g/mol. The van der Waals surface area contributed by atoms with Gasteiger partial charge in [-0.25, -0.2) is 0 Å². The molecule has 3 aromatic rings. The molecule has 0 fully saturated rings. The molecule has 10 nitrogen and oxygen atoms in total. The van der Waals surface area contributed by atoms with Gasteiger partial charge in [-0.3, -0.25) is 4.79 Å². The first-order valence-corrected chi connectivity index (χ1v) is 13.1. The zero-order valence-electron chi connectivity index (χ0n) is 23.0. The summed E-state index contributed by atoms with van der Waals surface area (Å²) >= 11 is 0. The van der Waals surface area contributed by atoms with E-state index in [-0.39, 0.29) is 41.3 Å². The van der Waals surface area contributed by atoms with Crippen LogP contribution in [-0.4, -0.2) is 58.2 Å². The summed E-state index contributed by atoms with van der Waals surface area (Å²) in [7, 11) is 1.43. The molecule has 0 saturated carbocycles. The van der Waals surface area contributed by atoms with E-state index in [2.05, 4.69) is 0 Å². The van der Waals surface area contributed by atoms with Gasteiger partial charge in [0.05, 0.1) is 19.8 Å². The van der Waals surface area contributed by atoms with Gasteiger partial charge in [0, 0.05) is 17.7 Å². The molecule has 0 amide bonds. The van der Waals surface area contributed by atoms with Crippen LogP contribution >= 0.6 is 0 Å². The molecule has 4 atom stereocenters. The van der Waals surface area contributed by atoms with Crippen molar-refractivity contribution < 1.29 is 48.9 Å². The number of carbonyl (C=O) groups excluding carboxylic acids is 1. The summed E-state index contributed by atoms with van der Waals surface area (Å²) in [4.78, 5) is 13.0. The van der Waals surface area contributed by atoms with Crippen LogP contribution in [0, 0.1) is 0 Å². The Kier molecular flexibility index (Phi) is 8.61. The molecule has 3 aromatic carbocycles. The highest BCUT2D eigenvalue weighted by molar-refractivity contribution is 6.05. The minimum atomic E-state index is -1.59. The van der Waals surface area contributed by atoms with Gasteiger partial charge in [0.1, 0.15) is 22.8 Å². The molecule has 2 heterocycles. The van der Waals surface area contributed by atoms with Crippen LogP contribution in [-0.2, 0) is 0 Å². The van der Waals surface area contributed by atoms with Crippen molar-refractivity contribution in [1.82, 2.24) is 0 Å². The standard InChI is InChI=1S/C28H28O10.C2H6/c1-13(2)35-16-10-18(31)24-22(11-16)38-28(26(33)25(24)32)15-5-7-19-21(9-15)37-27(23(12-29)36-19)14-4-6-17(30)20(8-14)34-3;1-2/h4-11,13,23,26-31,33H,12H2,1-3H3;1-2H3. The van der Waals surface area contributed by atoms with Gasteiger partial charge in [0.15, 0.2) is 47.4 Å². The van der Waals surface area contributed by atoms with E-state index < -0.39 is 30.2 Å². The molecular formula is C30H34O10. The van der Waals surface area contributed by atoms with Crippen molar-refractivity contribution in [3.05, 3.63) is 65.2 Å². The van der Waals surface area contributed by atoms with Crippen LogP contribution < -0.4 is 23.7 Å². The van der Waals surface area contributed by atoms with E-state index in [0.717, 1.165) is 0 Å². The third-order valence-electron chi connectivity index (χ3n) is 6.36. The lowest BCUT2D eigenvalue weighted by molar-refractivity contribution is -0.0130. The molecule has 0 spiro atoms. The highest BCUT2D eigenvalue weighted by Gasteiger charge is 2.40. The maximum Gasteiger partial charge on any atom is 0.202 e. The molecule has 2 aliphatic rings. The van der Waals surface area contributed by atoms with Gasteiger partial charge < -0.3 is 44.1 Å². The van der Waals surface area contributed by atoms with Crippen LogP contribution in [0.25, 0.3) is 0 Å². The number of ketones is 1. The van der Waals surface area contributed by atoms with Gasteiger partial charge in [0.2, 0.25) is 5.78 Å². The summed E-state index contributed by atoms with van der Waals surface area (Å²) in [5, 5.41) is 41.1. The Bertz CT molecular complexity index is 1370. The zero-order chi connectivity index (χ0) is 29.1. The molecule has 5 rings (SSSR count). The Morgan fingerprint density at radius 1 is 0.850 bits per heavy atom. The van der Waals surface area contributed by atoms with E-state index in [9.17, 15) is 25.2 Å². The lowest BCUT2D eigenvalue weighted by atomic mass is 9.92. The average molecular weight is 555 g/mol.